The molecule has 0 aliphatic rings. The van der Waals surface area contributed by atoms with Gasteiger partial charge in [0, 0.05) is 6.20 Å². The number of hydrogen-bond donors (Lipinski definition) is 1. The second-order valence-electron chi connectivity index (χ2n) is 4.58. The van der Waals surface area contributed by atoms with E-state index in [1.54, 1.807) is 30.3 Å². The third-order valence-corrected chi connectivity index (χ3v) is 3.27. The third-order valence-electron chi connectivity index (χ3n) is 3.05. The van der Waals surface area contributed by atoms with E-state index in [1.165, 1.54) is 17.0 Å². The first-order chi connectivity index (χ1) is 10.6. The Bertz CT molecular complexity index is 890. The molecule has 0 unspecified atom stereocenters. The van der Waals surface area contributed by atoms with Crippen LogP contribution in [0.5, 0.6) is 0 Å². The number of aromatic nitrogens is 3. The van der Waals surface area contributed by atoms with E-state index < -0.39 is 0 Å². The first-order valence-corrected chi connectivity index (χ1v) is 6.87. The number of anilines is 1. The van der Waals surface area contributed by atoms with Crippen LogP contribution < -0.4 is 10.9 Å². The molecule has 0 aliphatic carbocycles. The molecule has 7 heteroatoms. The summed E-state index contributed by atoms with van der Waals surface area (Å²) in [6.45, 7) is -0.119. The number of fused-ring (bicyclic) bond motifs is 1. The predicted molar refractivity (Wildman–Crippen MR) is 83.9 cm³/mol. The summed E-state index contributed by atoms with van der Waals surface area (Å²) in [5.74, 6) is 0.0223. The molecule has 2 heterocycles. The lowest BCUT2D eigenvalue weighted by atomic mass is 10.3. The van der Waals surface area contributed by atoms with E-state index in [0.29, 0.717) is 21.9 Å². The van der Waals surface area contributed by atoms with Gasteiger partial charge in [-0.15, -0.1) is 0 Å². The molecule has 3 aromatic rings. The van der Waals surface area contributed by atoms with Crippen LogP contribution in [0.25, 0.3) is 11.0 Å². The Kier molecular flexibility index (Phi) is 3.84. The number of nitrogens with zero attached hydrogens (tertiary/aromatic N) is 3. The van der Waals surface area contributed by atoms with Crippen molar-refractivity contribution in [3.05, 3.63) is 64.2 Å². The van der Waals surface area contributed by atoms with Gasteiger partial charge < -0.3 is 5.32 Å². The number of carbonyl (C=O) groups excluding carboxylic acids is 1. The topological polar surface area (TPSA) is 76.9 Å². The second kappa shape index (κ2) is 5.95. The normalized spacial score (nSPS) is 10.6. The molecular weight excluding hydrogens is 304 g/mol. The zero-order chi connectivity index (χ0) is 15.5. The Labute approximate surface area is 130 Å². The molecule has 110 valence electrons. The number of hydrogen-bond acceptors (Lipinski definition) is 4. The summed E-state index contributed by atoms with van der Waals surface area (Å²) >= 11 is 5.74. The van der Waals surface area contributed by atoms with E-state index in [4.69, 9.17) is 11.6 Å². The fraction of sp³-hybridized carbons (Fsp3) is 0.0667. The minimum Gasteiger partial charge on any atom is -0.309 e. The number of benzene rings is 1. The Morgan fingerprint density at radius 1 is 1.14 bits per heavy atom. The molecule has 0 fully saturated rings. The van der Waals surface area contributed by atoms with Crippen LogP contribution in [0.15, 0.2) is 53.6 Å². The maximum Gasteiger partial charge on any atom is 0.269 e. The van der Waals surface area contributed by atoms with Gasteiger partial charge in [0.2, 0.25) is 5.91 Å². The summed E-state index contributed by atoms with van der Waals surface area (Å²) in [6.07, 6.45) is 2.64. The van der Waals surface area contributed by atoms with Gasteiger partial charge in [-0.1, -0.05) is 23.7 Å². The van der Waals surface area contributed by atoms with Crippen LogP contribution in [-0.2, 0) is 11.3 Å². The van der Waals surface area contributed by atoms with Gasteiger partial charge in [0.05, 0.1) is 22.3 Å². The first kappa shape index (κ1) is 14.2. The molecule has 6 nitrogen and oxygen atoms in total. The summed E-state index contributed by atoms with van der Waals surface area (Å²) in [6, 6.07) is 10.4. The molecule has 22 heavy (non-hydrogen) atoms. The van der Waals surface area contributed by atoms with Gasteiger partial charge in [-0.25, -0.2) is 9.97 Å². The van der Waals surface area contributed by atoms with Crippen LogP contribution in [0.2, 0.25) is 5.02 Å². The number of carbonyl (C=O) groups is 1. The van der Waals surface area contributed by atoms with E-state index in [9.17, 15) is 9.59 Å². The highest BCUT2D eigenvalue weighted by molar-refractivity contribution is 6.30. The fourth-order valence-electron chi connectivity index (χ4n) is 2.05. The van der Waals surface area contributed by atoms with Gasteiger partial charge in [0.15, 0.2) is 0 Å². The highest BCUT2D eigenvalue weighted by Crippen LogP contribution is 2.11. The monoisotopic (exact) mass is 314 g/mol. The molecule has 0 aliphatic heterocycles. The van der Waals surface area contributed by atoms with Gasteiger partial charge >= 0.3 is 0 Å². The molecular formula is C15H11ClN4O2. The zero-order valence-corrected chi connectivity index (χ0v) is 12.1. The summed E-state index contributed by atoms with van der Waals surface area (Å²) in [4.78, 5) is 32.1. The molecule has 0 saturated carbocycles. The van der Waals surface area contributed by atoms with Crippen molar-refractivity contribution in [2.24, 2.45) is 0 Å². The number of pyridine rings is 1. The summed E-state index contributed by atoms with van der Waals surface area (Å²) in [7, 11) is 0. The lowest BCUT2D eigenvalue weighted by molar-refractivity contribution is -0.116. The molecule has 0 atom stereocenters. The van der Waals surface area contributed by atoms with E-state index >= 15 is 0 Å². The van der Waals surface area contributed by atoms with Crippen molar-refractivity contribution < 1.29 is 4.79 Å². The largest absolute Gasteiger partial charge is 0.309 e. The molecule has 2 aromatic heterocycles. The van der Waals surface area contributed by atoms with Crippen molar-refractivity contribution in [3.63, 3.8) is 0 Å². The first-order valence-electron chi connectivity index (χ1n) is 6.49. The maximum atomic E-state index is 12.1. The van der Waals surface area contributed by atoms with E-state index in [2.05, 4.69) is 15.3 Å². The highest BCUT2D eigenvalue weighted by Gasteiger charge is 2.09. The predicted octanol–water partition coefficient (Wildman–Crippen LogP) is 2.08. The number of nitrogens with one attached hydrogen (secondary N) is 1. The molecule has 0 saturated heterocycles. The summed E-state index contributed by atoms with van der Waals surface area (Å²) in [5, 5.41) is 3.10. The quantitative estimate of drug-likeness (QED) is 0.803. The molecule has 1 aromatic carbocycles. The van der Waals surface area contributed by atoms with Gasteiger partial charge in [0.1, 0.15) is 12.4 Å². The zero-order valence-electron chi connectivity index (χ0n) is 11.4. The minimum absolute atomic E-state index is 0.119. The highest BCUT2D eigenvalue weighted by atomic mass is 35.5. The minimum atomic E-state index is -0.353. The van der Waals surface area contributed by atoms with Gasteiger partial charge in [-0.3, -0.25) is 14.2 Å². The summed E-state index contributed by atoms with van der Waals surface area (Å²) < 4.78 is 1.37. The van der Waals surface area contributed by atoms with Crippen molar-refractivity contribution in [3.8, 4) is 0 Å². The average Bonchev–Trinajstić information content (AvgIpc) is 2.52. The van der Waals surface area contributed by atoms with Crippen molar-refractivity contribution in [2.75, 3.05) is 5.32 Å². The SMILES string of the molecule is O=C(Cn1c(=O)cnc2ccccc21)Nc1ccc(Cl)cn1. The van der Waals surface area contributed by atoms with Crippen molar-refractivity contribution in [1.29, 1.82) is 0 Å². The van der Waals surface area contributed by atoms with E-state index in [1.807, 2.05) is 6.07 Å². The van der Waals surface area contributed by atoms with Crippen LogP contribution in [-0.4, -0.2) is 20.4 Å². The Morgan fingerprint density at radius 3 is 2.73 bits per heavy atom. The van der Waals surface area contributed by atoms with E-state index in [-0.39, 0.29) is 18.0 Å². The lowest BCUT2D eigenvalue weighted by Gasteiger charge is -2.09. The smallest absolute Gasteiger partial charge is 0.269 e. The average molecular weight is 315 g/mol. The standard InChI is InChI=1S/C15H11ClN4O2/c16-10-5-6-13(18-7-10)19-14(21)9-20-12-4-2-1-3-11(12)17-8-15(20)22/h1-8H,9H2,(H,18,19,21). The van der Waals surface area contributed by atoms with Gasteiger partial charge in [-0.2, -0.15) is 0 Å². The van der Waals surface area contributed by atoms with Crippen LogP contribution in [0.1, 0.15) is 0 Å². The molecule has 0 spiro atoms. The molecule has 1 N–H and O–H groups in total. The van der Waals surface area contributed by atoms with E-state index in [0.717, 1.165) is 0 Å². The van der Waals surface area contributed by atoms with Crippen molar-refractivity contribution >= 4 is 34.4 Å². The number of para-hydroxylation sites is 2. The Balaban J connectivity index is 1.86. The Morgan fingerprint density at radius 2 is 1.95 bits per heavy atom. The number of rotatable bonds is 3. The van der Waals surface area contributed by atoms with Gasteiger partial charge in [-0.05, 0) is 24.3 Å². The number of halogens is 1. The van der Waals surface area contributed by atoms with Gasteiger partial charge in [0.25, 0.3) is 5.56 Å². The fourth-order valence-corrected chi connectivity index (χ4v) is 2.17. The van der Waals surface area contributed by atoms with Crippen LogP contribution in [0, 0.1) is 0 Å². The Hall–Kier alpha value is -2.73. The van der Waals surface area contributed by atoms with Crippen LogP contribution >= 0.6 is 11.6 Å². The van der Waals surface area contributed by atoms with Crippen LogP contribution in [0.4, 0.5) is 5.82 Å². The molecule has 0 radical (unpaired) electrons. The molecule has 3 rings (SSSR count). The lowest BCUT2D eigenvalue weighted by Crippen LogP contribution is -2.28. The molecule has 1 amide bonds. The van der Waals surface area contributed by atoms with Crippen molar-refractivity contribution in [1.82, 2.24) is 14.5 Å². The van der Waals surface area contributed by atoms with Crippen LogP contribution in [0.3, 0.4) is 0 Å². The number of amides is 1. The summed E-state index contributed by atoms with van der Waals surface area (Å²) in [5.41, 5.74) is 0.923. The third kappa shape index (κ3) is 2.96. The van der Waals surface area contributed by atoms with Crippen molar-refractivity contribution in [2.45, 2.75) is 6.54 Å². The molecule has 0 bridgehead atoms. The second-order valence-corrected chi connectivity index (χ2v) is 5.02. The maximum absolute atomic E-state index is 12.1.